The molecule has 0 radical (unpaired) electrons. The average molecular weight is 355 g/mol. The predicted octanol–water partition coefficient (Wildman–Crippen LogP) is 3.36. The van der Waals surface area contributed by atoms with E-state index >= 15 is 0 Å². The number of nitrogens with zero attached hydrogens (tertiary/aromatic N) is 4. The molecule has 0 aliphatic heterocycles. The van der Waals surface area contributed by atoms with Gasteiger partial charge in [-0.05, 0) is 37.0 Å². The molecular formula is C18H21N5OS. The first-order chi connectivity index (χ1) is 12.1. The largest absolute Gasteiger partial charge is 0.302 e. The van der Waals surface area contributed by atoms with Crippen LogP contribution in [0.15, 0.2) is 37.1 Å². The molecule has 0 unspecified atom stereocenters. The Morgan fingerprint density at radius 1 is 1.28 bits per heavy atom. The molecule has 3 rings (SSSR count). The molecule has 7 heteroatoms. The number of benzene rings is 1. The van der Waals surface area contributed by atoms with Crippen LogP contribution in [0.3, 0.4) is 0 Å². The van der Waals surface area contributed by atoms with Crippen LogP contribution < -0.4 is 5.32 Å². The van der Waals surface area contributed by atoms with Crippen LogP contribution in [0.1, 0.15) is 34.4 Å². The van der Waals surface area contributed by atoms with Crippen molar-refractivity contribution in [2.75, 3.05) is 5.32 Å². The number of hydrogen-bond acceptors (Lipinski definition) is 5. The second kappa shape index (κ2) is 8.02. The SMILES string of the molecule is Cc1ccc(Cc2cnc(NC(=O)CCCn3cncn3)s2)cc1C. The molecule has 1 amide bonds. The fourth-order valence-electron chi connectivity index (χ4n) is 2.49. The molecule has 0 spiro atoms. The second-order valence-corrected chi connectivity index (χ2v) is 7.15. The molecule has 130 valence electrons. The van der Waals surface area contributed by atoms with E-state index in [1.165, 1.54) is 34.4 Å². The number of thiazole rings is 1. The van der Waals surface area contributed by atoms with Crippen molar-refractivity contribution in [1.82, 2.24) is 19.7 Å². The van der Waals surface area contributed by atoms with Gasteiger partial charge in [0.1, 0.15) is 12.7 Å². The molecule has 0 bridgehead atoms. The third-order valence-corrected chi connectivity index (χ3v) is 4.92. The number of carbonyl (C=O) groups excluding carboxylic acids is 1. The highest BCUT2D eigenvalue weighted by atomic mass is 32.1. The van der Waals surface area contributed by atoms with Crippen LogP contribution >= 0.6 is 11.3 Å². The molecule has 0 aliphatic carbocycles. The fourth-order valence-corrected chi connectivity index (χ4v) is 3.36. The van der Waals surface area contributed by atoms with Crippen molar-refractivity contribution in [2.45, 2.75) is 39.7 Å². The molecule has 2 heterocycles. The minimum absolute atomic E-state index is 0.0211. The third kappa shape index (κ3) is 4.96. The topological polar surface area (TPSA) is 72.7 Å². The molecule has 0 fully saturated rings. The summed E-state index contributed by atoms with van der Waals surface area (Å²) >= 11 is 1.53. The summed E-state index contributed by atoms with van der Waals surface area (Å²) in [5.41, 5.74) is 3.85. The average Bonchev–Trinajstić information content (AvgIpc) is 3.23. The Labute approximate surface area is 150 Å². The Hall–Kier alpha value is -2.54. The number of anilines is 1. The number of hydrogen-bond donors (Lipinski definition) is 1. The zero-order valence-electron chi connectivity index (χ0n) is 14.4. The highest BCUT2D eigenvalue weighted by molar-refractivity contribution is 7.15. The van der Waals surface area contributed by atoms with Gasteiger partial charge in [0.2, 0.25) is 5.91 Å². The van der Waals surface area contributed by atoms with Crippen molar-refractivity contribution >= 4 is 22.4 Å². The minimum Gasteiger partial charge on any atom is -0.302 e. The molecule has 0 aliphatic rings. The first-order valence-corrected chi connectivity index (χ1v) is 9.05. The van der Waals surface area contributed by atoms with Gasteiger partial charge in [-0.2, -0.15) is 5.10 Å². The van der Waals surface area contributed by atoms with Crippen molar-refractivity contribution < 1.29 is 4.79 Å². The van der Waals surface area contributed by atoms with Gasteiger partial charge in [-0.3, -0.25) is 9.48 Å². The van der Waals surface area contributed by atoms with E-state index in [0.717, 1.165) is 17.7 Å². The van der Waals surface area contributed by atoms with Crippen LogP contribution in [0.25, 0.3) is 0 Å². The lowest BCUT2D eigenvalue weighted by Gasteiger charge is -2.03. The van der Waals surface area contributed by atoms with Crippen molar-refractivity contribution in [1.29, 1.82) is 0 Å². The zero-order valence-corrected chi connectivity index (χ0v) is 15.2. The van der Waals surface area contributed by atoms with Gasteiger partial charge in [0, 0.05) is 30.5 Å². The summed E-state index contributed by atoms with van der Waals surface area (Å²) in [6.07, 6.45) is 6.97. The molecule has 2 aromatic heterocycles. The Balaban J connectivity index is 1.49. The third-order valence-electron chi connectivity index (χ3n) is 4.01. The molecular weight excluding hydrogens is 334 g/mol. The molecule has 6 nitrogen and oxygen atoms in total. The van der Waals surface area contributed by atoms with Gasteiger partial charge in [-0.15, -0.1) is 11.3 Å². The fraction of sp³-hybridized carbons (Fsp3) is 0.333. The van der Waals surface area contributed by atoms with Crippen molar-refractivity contribution in [3.8, 4) is 0 Å². The molecule has 1 N–H and O–H groups in total. The van der Waals surface area contributed by atoms with E-state index in [1.807, 2.05) is 6.20 Å². The maximum Gasteiger partial charge on any atom is 0.226 e. The van der Waals surface area contributed by atoms with Crippen molar-refractivity contribution in [3.05, 3.63) is 58.6 Å². The highest BCUT2D eigenvalue weighted by Crippen LogP contribution is 2.22. The normalized spacial score (nSPS) is 10.8. The van der Waals surface area contributed by atoms with E-state index in [4.69, 9.17) is 0 Å². The smallest absolute Gasteiger partial charge is 0.226 e. The van der Waals surface area contributed by atoms with Crippen LogP contribution in [-0.2, 0) is 17.8 Å². The highest BCUT2D eigenvalue weighted by Gasteiger charge is 2.08. The van der Waals surface area contributed by atoms with Gasteiger partial charge in [-0.25, -0.2) is 9.97 Å². The Bertz CT molecular complexity index is 841. The van der Waals surface area contributed by atoms with E-state index < -0.39 is 0 Å². The van der Waals surface area contributed by atoms with Crippen LogP contribution in [0.2, 0.25) is 0 Å². The summed E-state index contributed by atoms with van der Waals surface area (Å²) in [6.45, 7) is 4.92. The van der Waals surface area contributed by atoms with Gasteiger partial charge >= 0.3 is 0 Å². The van der Waals surface area contributed by atoms with E-state index in [9.17, 15) is 4.79 Å². The zero-order chi connectivity index (χ0) is 17.6. The first-order valence-electron chi connectivity index (χ1n) is 8.23. The number of aryl methyl sites for hydroxylation is 3. The molecule has 0 saturated heterocycles. The monoisotopic (exact) mass is 355 g/mol. The van der Waals surface area contributed by atoms with Gasteiger partial charge in [0.25, 0.3) is 0 Å². The van der Waals surface area contributed by atoms with Crippen molar-refractivity contribution in [3.63, 3.8) is 0 Å². The van der Waals surface area contributed by atoms with Gasteiger partial charge in [0.05, 0.1) is 0 Å². The summed E-state index contributed by atoms with van der Waals surface area (Å²) in [6, 6.07) is 6.49. The molecule has 0 atom stereocenters. The Kier molecular flexibility index (Phi) is 5.55. The number of carbonyl (C=O) groups is 1. The minimum atomic E-state index is -0.0211. The van der Waals surface area contributed by atoms with E-state index in [1.54, 1.807) is 11.0 Å². The van der Waals surface area contributed by atoms with Crippen LogP contribution in [-0.4, -0.2) is 25.7 Å². The van der Waals surface area contributed by atoms with Crippen LogP contribution in [0.4, 0.5) is 5.13 Å². The van der Waals surface area contributed by atoms with E-state index in [2.05, 4.69) is 52.4 Å². The number of aromatic nitrogens is 4. The Morgan fingerprint density at radius 2 is 2.16 bits per heavy atom. The maximum absolute atomic E-state index is 12.0. The second-order valence-electron chi connectivity index (χ2n) is 6.04. The number of nitrogens with one attached hydrogen (secondary N) is 1. The van der Waals surface area contributed by atoms with E-state index in [0.29, 0.717) is 18.1 Å². The van der Waals surface area contributed by atoms with Gasteiger partial charge in [0.15, 0.2) is 5.13 Å². The molecule has 25 heavy (non-hydrogen) atoms. The van der Waals surface area contributed by atoms with Crippen molar-refractivity contribution in [2.24, 2.45) is 0 Å². The first kappa shape index (κ1) is 17.3. The lowest BCUT2D eigenvalue weighted by atomic mass is 10.0. The number of rotatable bonds is 7. The van der Waals surface area contributed by atoms with Gasteiger partial charge < -0.3 is 5.32 Å². The summed E-state index contributed by atoms with van der Waals surface area (Å²) in [4.78, 5) is 21.3. The summed E-state index contributed by atoms with van der Waals surface area (Å²) in [7, 11) is 0. The Morgan fingerprint density at radius 3 is 2.92 bits per heavy atom. The summed E-state index contributed by atoms with van der Waals surface area (Å²) in [5.74, 6) is -0.0211. The number of amides is 1. The van der Waals surface area contributed by atoms with Crippen LogP contribution in [0.5, 0.6) is 0 Å². The maximum atomic E-state index is 12.0. The summed E-state index contributed by atoms with van der Waals surface area (Å²) in [5, 5.41) is 7.54. The lowest BCUT2D eigenvalue weighted by Crippen LogP contribution is -2.12. The lowest BCUT2D eigenvalue weighted by molar-refractivity contribution is -0.116. The standard InChI is InChI=1S/C18H21N5OS/c1-13-5-6-15(8-14(13)2)9-16-10-20-18(25-16)22-17(24)4-3-7-23-12-19-11-21-23/h5-6,8,10-12H,3-4,7,9H2,1-2H3,(H,20,22,24). The van der Waals surface area contributed by atoms with Crippen LogP contribution in [0, 0.1) is 13.8 Å². The van der Waals surface area contributed by atoms with Gasteiger partial charge in [-0.1, -0.05) is 18.2 Å². The van der Waals surface area contributed by atoms with E-state index in [-0.39, 0.29) is 5.91 Å². The molecule has 0 saturated carbocycles. The quantitative estimate of drug-likeness (QED) is 0.705. The molecule has 1 aromatic carbocycles. The predicted molar refractivity (Wildman–Crippen MR) is 98.7 cm³/mol. The summed E-state index contributed by atoms with van der Waals surface area (Å²) < 4.78 is 1.72. The molecule has 3 aromatic rings.